The number of carbonyl (C=O) groups excluding carboxylic acids is 2. The van der Waals surface area contributed by atoms with Crippen molar-refractivity contribution in [1.82, 2.24) is 9.88 Å². The number of hydrogen-bond donors (Lipinski definition) is 0. The highest BCUT2D eigenvalue weighted by molar-refractivity contribution is 6.09. The van der Waals surface area contributed by atoms with Crippen LogP contribution in [0.15, 0.2) is 36.7 Å². The van der Waals surface area contributed by atoms with Crippen LogP contribution in [0.1, 0.15) is 17.5 Å². The van der Waals surface area contributed by atoms with Crippen LogP contribution in [-0.2, 0) is 40.5 Å². The van der Waals surface area contributed by atoms with Crippen molar-refractivity contribution < 1.29 is 38.0 Å². The Morgan fingerprint density at radius 2 is 1.66 bits per heavy atom. The van der Waals surface area contributed by atoms with E-state index < -0.39 is 5.41 Å². The number of benzene rings is 1. The molecular formula is C30H37N3O8. The Morgan fingerprint density at radius 1 is 0.976 bits per heavy atom. The first-order chi connectivity index (χ1) is 20.0. The van der Waals surface area contributed by atoms with Crippen LogP contribution in [0.3, 0.4) is 0 Å². The van der Waals surface area contributed by atoms with Crippen molar-refractivity contribution in [2.75, 3.05) is 85.1 Å². The molecule has 0 unspecified atom stereocenters. The molecule has 2 aliphatic rings. The first-order valence-electron chi connectivity index (χ1n) is 13.5. The molecule has 220 valence electrons. The number of ether oxygens (including phenoxy) is 6. The van der Waals surface area contributed by atoms with Crippen LogP contribution in [-0.4, -0.2) is 102 Å². The van der Waals surface area contributed by atoms with Gasteiger partial charge in [0.15, 0.2) is 0 Å². The molecule has 0 N–H and O–H groups in total. The summed E-state index contributed by atoms with van der Waals surface area (Å²) in [4.78, 5) is 34.3. The Hall–Kier alpha value is -3.69. The standard InChI is InChI=1S/C30H37N3O8/c1-4-10-38-12-14-40-16-17-41-15-13-39-11-8-28(34)32-21-30(22-32)25-7-9-31-19-26(25)33(29(30)35)20-23-5-6-24(36-2)18-27(23)37-3/h1,5-7,9,18-19H,8,10-17,20-22H2,2-3H3. The molecule has 0 atom stereocenters. The molecule has 1 saturated heterocycles. The fraction of sp³-hybridized carbons (Fsp3) is 0.500. The van der Waals surface area contributed by atoms with Crippen LogP contribution in [0, 0.1) is 12.3 Å². The molecule has 1 aromatic heterocycles. The summed E-state index contributed by atoms with van der Waals surface area (Å²) < 4.78 is 32.3. The highest BCUT2D eigenvalue weighted by Gasteiger charge is 2.59. The number of methoxy groups -OCH3 is 2. The van der Waals surface area contributed by atoms with Crippen molar-refractivity contribution in [2.45, 2.75) is 18.4 Å². The number of pyridine rings is 1. The molecule has 1 fully saturated rings. The average molecular weight is 568 g/mol. The van der Waals surface area contributed by atoms with Crippen molar-refractivity contribution in [3.63, 3.8) is 0 Å². The zero-order chi connectivity index (χ0) is 29.1. The van der Waals surface area contributed by atoms with Crippen LogP contribution in [0.5, 0.6) is 11.5 Å². The molecule has 11 nitrogen and oxygen atoms in total. The number of rotatable bonds is 17. The zero-order valence-electron chi connectivity index (χ0n) is 23.6. The van der Waals surface area contributed by atoms with Crippen LogP contribution in [0.2, 0.25) is 0 Å². The fourth-order valence-electron chi connectivity index (χ4n) is 4.99. The van der Waals surface area contributed by atoms with Crippen LogP contribution >= 0.6 is 0 Å². The lowest BCUT2D eigenvalue weighted by atomic mass is 9.74. The summed E-state index contributed by atoms with van der Waals surface area (Å²) in [6.07, 6.45) is 8.73. The van der Waals surface area contributed by atoms with Gasteiger partial charge in [0.05, 0.1) is 85.3 Å². The van der Waals surface area contributed by atoms with Gasteiger partial charge in [-0.25, -0.2) is 0 Å². The van der Waals surface area contributed by atoms with Gasteiger partial charge in [0, 0.05) is 30.9 Å². The molecule has 4 rings (SSSR count). The van der Waals surface area contributed by atoms with Crippen molar-refractivity contribution in [2.24, 2.45) is 0 Å². The van der Waals surface area contributed by atoms with Gasteiger partial charge in [0.25, 0.3) is 0 Å². The smallest absolute Gasteiger partial charge is 0.241 e. The van der Waals surface area contributed by atoms with E-state index in [0.717, 1.165) is 16.8 Å². The monoisotopic (exact) mass is 567 g/mol. The molecule has 0 aliphatic carbocycles. The fourth-order valence-corrected chi connectivity index (χ4v) is 4.99. The highest BCUT2D eigenvalue weighted by Crippen LogP contribution is 2.48. The maximum atomic E-state index is 13.8. The van der Waals surface area contributed by atoms with Gasteiger partial charge < -0.3 is 38.2 Å². The van der Waals surface area contributed by atoms with E-state index in [2.05, 4.69) is 10.9 Å². The molecule has 2 aromatic rings. The minimum Gasteiger partial charge on any atom is -0.497 e. The molecule has 1 aromatic carbocycles. The molecule has 1 spiro atoms. The predicted molar refractivity (Wildman–Crippen MR) is 150 cm³/mol. The maximum absolute atomic E-state index is 13.8. The van der Waals surface area contributed by atoms with Gasteiger partial charge in [-0.1, -0.05) is 5.92 Å². The van der Waals surface area contributed by atoms with E-state index in [1.165, 1.54) is 0 Å². The molecule has 41 heavy (non-hydrogen) atoms. The summed E-state index contributed by atoms with van der Waals surface area (Å²) in [5.74, 6) is 3.61. The number of anilines is 1. The Bertz CT molecular complexity index is 1220. The number of fused-ring (bicyclic) bond motifs is 2. The Balaban J connectivity index is 1.20. The van der Waals surface area contributed by atoms with Gasteiger partial charge >= 0.3 is 0 Å². The first kappa shape index (κ1) is 30.3. The number of carbonyl (C=O) groups is 2. The van der Waals surface area contributed by atoms with Gasteiger partial charge in [0.2, 0.25) is 11.8 Å². The van der Waals surface area contributed by atoms with Crippen molar-refractivity contribution >= 4 is 17.5 Å². The second-order valence-electron chi connectivity index (χ2n) is 9.64. The van der Waals surface area contributed by atoms with Gasteiger partial charge in [-0.05, 0) is 23.8 Å². The summed E-state index contributed by atoms with van der Waals surface area (Å²) in [5, 5.41) is 0. The maximum Gasteiger partial charge on any atom is 0.241 e. The lowest BCUT2D eigenvalue weighted by molar-refractivity contribution is -0.145. The van der Waals surface area contributed by atoms with E-state index in [-0.39, 0.29) is 31.4 Å². The number of terminal acetylenes is 1. The first-order valence-corrected chi connectivity index (χ1v) is 13.5. The quantitative estimate of drug-likeness (QED) is 0.209. The summed E-state index contributed by atoms with van der Waals surface area (Å²) in [6.45, 7) is 4.15. The number of nitrogens with zero attached hydrogens (tertiary/aromatic N) is 3. The zero-order valence-corrected chi connectivity index (χ0v) is 23.6. The van der Waals surface area contributed by atoms with Crippen LogP contribution in [0.25, 0.3) is 0 Å². The van der Waals surface area contributed by atoms with Crippen molar-refractivity contribution in [1.29, 1.82) is 0 Å². The lowest BCUT2D eigenvalue weighted by Gasteiger charge is -2.46. The number of aromatic nitrogens is 1. The Labute approximate surface area is 240 Å². The molecule has 2 amide bonds. The van der Waals surface area contributed by atoms with E-state index in [1.54, 1.807) is 42.5 Å². The second-order valence-corrected chi connectivity index (χ2v) is 9.64. The van der Waals surface area contributed by atoms with Gasteiger partial charge in [-0.3, -0.25) is 14.6 Å². The minimum atomic E-state index is -0.766. The summed E-state index contributed by atoms with van der Waals surface area (Å²) in [7, 11) is 3.18. The third-order valence-electron chi connectivity index (χ3n) is 7.12. The Morgan fingerprint density at radius 3 is 2.32 bits per heavy atom. The minimum absolute atomic E-state index is 0.0418. The largest absolute Gasteiger partial charge is 0.497 e. The summed E-state index contributed by atoms with van der Waals surface area (Å²) in [5.41, 5.74) is 1.73. The topological polar surface area (TPSA) is 109 Å². The van der Waals surface area contributed by atoms with E-state index >= 15 is 0 Å². The predicted octanol–water partition coefficient (Wildman–Crippen LogP) is 1.82. The molecule has 0 radical (unpaired) electrons. The molecule has 2 aliphatic heterocycles. The van der Waals surface area contributed by atoms with E-state index in [9.17, 15) is 9.59 Å². The normalized spacial score (nSPS) is 15.0. The number of amides is 2. The lowest BCUT2D eigenvalue weighted by Crippen LogP contribution is -2.65. The van der Waals surface area contributed by atoms with Crippen LogP contribution < -0.4 is 14.4 Å². The van der Waals surface area contributed by atoms with Crippen LogP contribution in [0.4, 0.5) is 5.69 Å². The highest BCUT2D eigenvalue weighted by atomic mass is 16.6. The van der Waals surface area contributed by atoms with E-state index in [4.69, 9.17) is 34.8 Å². The number of hydrogen-bond acceptors (Lipinski definition) is 9. The number of likely N-dealkylation sites (tertiary alicyclic amines) is 1. The third kappa shape index (κ3) is 7.15. The van der Waals surface area contributed by atoms with Crippen molar-refractivity contribution in [3.05, 3.63) is 47.8 Å². The summed E-state index contributed by atoms with van der Waals surface area (Å²) in [6, 6.07) is 7.40. The van der Waals surface area contributed by atoms with E-state index in [0.29, 0.717) is 70.8 Å². The average Bonchev–Trinajstić information content (AvgIpc) is 3.22. The Kier molecular flexibility index (Phi) is 10.9. The second kappa shape index (κ2) is 14.8. The molecular weight excluding hydrogens is 530 g/mol. The molecule has 11 heteroatoms. The van der Waals surface area contributed by atoms with E-state index in [1.807, 2.05) is 18.2 Å². The SMILES string of the molecule is C#CCOCCOCCOCCOCCC(=O)N1CC2(C1)C(=O)N(Cc1ccc(OC)cc1OC)c1cnccc12. The van der Waals surface area contributed by atoms with Gasteiger partial charge in [0.1, 0.15) is 23.5 Å². The van der Waals surface area contributed by atoms with Gasteiger partial charge in [-0.15, -0.1) is 6.42 Å². The summed E-state index contributed by atoms with van der Waals surface area (Å²) >= 11 is 0. The molecule has 0 saturated carbocycles. The van der Waals surface area contributed by atoms with Crippen molar-refractivity contribution in [3.8, 4) is 23.8 Å². The third-order valence-corrected chi connectivity index (χ3v) is 7.12. The molecule has 0 bridgehead atoms. The van der Waals surface area contributed by atoms with Gasteiger partial charge in [-0.2, -0.15) is 0 Å². The molecule has 3 heterocycles.